The molecule has 0 atom stereocenters. The first-order valence-corrected chi connectivity index (χ1v) is 7.28. The van der Waals surface area contributed by atoms with E-state index in [-0.39, 0.29) is 5.91 Å². The lowest BCUT2D eigenvalue weighted by Gasteiger charge is -2.06. The summed E-state index contributed by atoms with van der Waals surface area (Å²) >= 11 is 3.39. The number of halogens is 1. The highest BCUT2D eigenvalue weighted by molar-refractivity contribution is 9.08. The highest BCUT2D eigenvalue weighted by Gasteiger charge is 2.07. The summed E-state index contributed by atoms with van der Waals surface area (Å²) in [6.07, 6.45) is 1.75. The van der Waals surface area contributed by atoms with Crippen molar-refractivity contribution in [3.8, 4) is 0 Å². The summed E-state index contributed by atoms with van der Waals surface area (Å²) in [7, 11) is 0. The van der Waals surface area contributed by atoms with Crippen molar-refractivity contribution < 1.29 is 4.79 Å². The summed E-state index contributed by atoms with van der Waals surface area (Å²) in [4.78, 5) is 12.2. The van der Waals surface area contributed by atoms with Gasteiger partial charge in [0.2, 0.25) is 0 Å². The molecule has 0 unspecified atom stereocenters. The molecule has 20 heavy (non-hydrogen) atoms. The molecule has 1 amide bonds. The van der Waals surface area contributed by atoms with E-state index in [2.05, 4.69) is 31.4 Å². The molecule has 2 N–H and O–H groups in total. The SMILES string of the molecule is O=C(Nc1ccc2cn[nH]c2c1)c1cccc(CBr)c1. The number of alkyl halides is 1. The molecule has 0 radical (unpaired) electrons. The maximum atomic E-state index is 12.2. The fourth-order valence-electron chi connectivity index (χ4n) is 2.01. The van der Waals surface area contributed by atoms with Crippen LogP contribution in [0.5, 0.6) is 0 Å². The average Bonchev–Trinajstić information content (AvgIpc) is 2.95. The Bertz CT molecular complexity index is 766. The number of carbonyl (C=O) groups excluding carboxylic acids is 1. The highest BCUT2D eigenvalue weighted by Crippen LogP contribution is 2.17. The molecule has 0 aliphatic heterocycles. The molecule has 1 aromatic heterocycles. The fraction of sp³-hybridized carbons (Fsp3) is 0.0667. The molecule has 2 aromatic carbocycles. The van der Waals surface area contributed by atoms with E-state index < -0.39 is 0 Å². The second kappa shape index (κ2) is 5.46. The molecule has 0 bridgehead atoms. The van der Waals surface area contributed by atoms with Crippen LogP contribution in [0.4, 0.5) is 5.69 Å². The Kier molecular flexibility index (Phi) is 3.52. The number of fused-ring (bicyclic) bond motifs is 1. The smallest absolute Gasteiger partial charge is 0.255 e. The second-order valence-corrected chi connectivity index (χ2v) is 5.02. The van der Waals surface area contributed by atoms with Gasteiger partial charge in [-0.05, 0) is 35.9 Å². The number of benzene rings is 2. The Morgan fingerprint density at radius 1 is 1.25 bits per heavy atom. The number of anilines is 1. The quantitative estimate of drug-likeness (QED) is 0.719. The molecule has 0 spiro atoms. The van der Waals surface area contributed by atoms with Crippen molar-refractivity contribution in [2.45, 2.75) is 5.33 Å². The number of hydrogen-bond donors (Lipinski definition) is 2. The van der Waals surface area contributed by atoms with Crippen molar-refractivity contribution in [1.29, 1.82) is 0 Å². The van der Waals surface area contributed by atoms with Gasteiger partial charge in [-0.25, -0.2) is 0 Å². The zero-order valence-electron chi connectivity index (χ0n) is 10.6. The first-order chi connectivity index (χ1) is 9.76. The number of amides is 1. The van der Waals surface area contributed by atoms with Crippen LogP contribution in [-0.2, 0) is 5.33 Å². The van der Waals surface area contributed by atoms with Gasteiger partial charge in [0.05, 0.1) is 11.7 Å². The Balaban J connectivity index is 1.83. The van der Waals surface area contributed by atoms with Crippen molar-refractivity contribution in [3.63, 3.8) is 0 Å². The number of nitrogens with zero attached hydrogens (tertiary/aromatic N) is 1. The first kappa shape index (κ1) is 12.9. The summed E-state index contributed by atoms with van der Waals surface area (Å²) in [6, 6.07) is 13.2. The molecule has 1 heterocycles. The zero-order chi connectivity index (χ0) is 13.9. The van der Waals surface area contributed by atoms with Crippen LogP contribution in [0.3, 0.4) is 0 Å². The largest absolute Gasteiger partial charge is 0.322 e. The van der Waals surface area contributed by atoms with E-state index in [9.17, 15) is 4.79 Å². The summed E-state index contributed by atoms with van der Waals surface area (Å²) in [6.45, 7) is 0. The van der Waals surface area contributed by atoms with Gasteiger partial charge < -0.3 is 5.32 Å². The van der Waals surface area contributed by atoms with E-state index >= 15 is 0 Å². The Labute approximate surface area is 124 Å². The van der Waals surface area contributed by atoms with Crippen molar-refractivity contribution in [1.82, 2.24) is 10.2 Å². The van der Waals surface area contributed by atoms with E-state index in [1.807, 2.05) is 36.4 Å². The van der Waals surface area contributed by atoms with Gasteiger partial charge in [-0.15, -0.1) is 0 Å². The fourth-order valence-corrected chi connectivity index (χ4v) is 2.36. The van der Waals surface area contributed by atoms with E-state index in [1.54, 1.807) is 12.3 Å². The number of aromatic amines is 1. The van der Waals surface area contributed by atoms with Crippen LogP contribution in [0.1, 0.15) is 15.9 Å². The van der Waals surface area contributed by atoms with Gasteiger partial charge in [-0.3, -0.25) is 9.89 Å². The third-order valence-electron chi connectivity index (χ3n) is 3.04. The summed E-state index contributed by atoms with van der Waals surface area (Å²) in [5.41, 5.74) is 3.36. The van der Waals surface area contributed by atoms with Crippen LogP contribution in [0.15, 0.2) is 48.7 Å². The molecule has 5 heteroatoms. The number of H-pyrrole nitrogens is 1. The van der Waals surface area contributed by atoms with Gasteiger partial charge in [0.1, 0.15) is 0 Å². The van der Waals surface area contributed by atoms with E-state index in [1.165, 1.54) is 0 Å². The number of carbonyl (C=O) groups is 1. The molecular formula is C15H12BrN3O. The topological polar surface area (TPSA) is 57.8 Å². The Morgan fingerprint density at radius 2 is 2.15 bits per heavy atom. The molecule has 0 fully saturated rings. The standard InChI is InChI=1S/C15H12BrN3O/c16-8-10-2-1-3-11(6-10)15(20)18-13-5-4-12-9-17-19-14(12)7-13/h1-7,9H,8H2,(H,17,19)(H,18,20). The van der Waals surface area contributed by atoms with Gasteiger partial charge in [0.15, 0.2) is 0 Å². The van der Waals surface area contributed by atoms with Gasteiger partial charge in [-0.2, -0.15) is 5.10 Å². The number of aromatic nitrogens is 2. The third-order valence-corrected chi connectivity index (χ3v) is 3.69. The van der Waals surface area contributed by atoms with Crippen molar-refractivity contribution in [2.24, 2.45) is 0 Å². The van der Waals surface area contributed by atoms with Gasteiger partial charge in [-0.1, -0.05) is 28.1 Å². The first-order valence-electron chi connectivity index (χ1n) is 6.15. The lowest BCUT2D eigenvalue weighted by molar-refractivity contribution is 0.102. The van der Waals surface area contributed by atoms with E-state index in [0.29, 0.717) is 5.56 Å². The van der Waals surface area contributed by atoms with Crippen LogP contribution in [0.25, 0.3) is 10.9 Å². The van der Waals surface area contributed by atoms with Crippen LogP contribution in [0.2, 0.25) is 0 Å². The molecule has 100 valence electrons. The molecule has 0 saturated heterocycles. The molecule has 3 rings (SSSR count). The monoisotopic (exact) mass is 329 g/mol. The van der Waals surface area contributed by atoms with E-state index in [0.717, 1.165) is 27.5 Å². The summed E-state index contributed by atoms with van der Waals surface area (Å²) in [5.74, 6) is -0.119. The van der Waals surface area contributed by atoms with Gasteiger partial charge >= 0.3 is 0 Å². The predicted molar refractivity (Wildman–Crippen MR) is 83.1 cm³/mol. The molecule has 4 nitrogen and oxygen atoms in total. The maximum absolute atomic E-state index is 12.2. The lowest BCUT2D eigenvalue weighted by Crippen LogP contribution is -2.11. The van der Waals surface area contributed by atoms with Crippen molar-refractivity contribution in [2.75, 3.05) is 5.32 Å². The molecule has 0 saturated carbocycles. The molecule has 0 aliphatic carbocycles. The normalized spacial score (nSPS) is 10.7. The number of rotatable bonds is 3. The van der Waals surface area contributed by atoms with E-state index in [4.69, 9.17) is 0 Å². The minimum absolute atomic E-state index is 0.119. The van der Waals surface area contributed by atoms with Gasteiger partial charge in [0, 0.05) is 22.0 Å². The third kappa shape index (κ3) is 2.58. The summed E-state index contributed by atoms with van der Waals surface area (Å²) in [5, 5.41) is 11.5. The molecule has 3 aromatic rings. The van der Waals surface area contributed by atoms with Crippen LogP contribution < -0.4 is 5.32 Å². The Hall–Kier alpha value is -2.14. The van der Waals surface area contributed by atoms with Crippen LogP contribution in [-0.4, -0.2) is 16.1 Å². The van der Waals surface area contributed by atoms with Crippen molar-refractivity contribution >= 4 is 38.4 Å². The lowest BCUT2D eigenvalue weighted by atomic mass is 10.1. The number of nitrogens with one attached hydrogen (secondary N) is 2. The second-order valence-electron chi connectivity index (χ2n) is 4.46. The van der Waals surface area contributed by atoms with Crippen LogP contribution >= 0.6 is 15.9 Å². The minimum atomic E-state index is -0.119. The summed E-state index contributed by atoms with van der Waals surface area (Å²) < 4.78 is 0. The van der Waals surface area contributed by atoms with Gasteiger partial charge in [0.25, 0.3) is 5.91 Å². The maximum Gasteiger partial charge on any atom is 0.255 e. The predicted octanol–water partition coefficient (Wildman–Crippen LogP) is 3.71. The molecule has 0 aliphatic rings. The number of hydrogen-bond acceptors (Lipinski definition) is 2. The zero-order valence-corrected chi connectivity index (χ0v) is 12.1. The van der Waals surface area contributed by atoms with Crippen molar-refractivity contribution in [3.05, 3.63) is 59.8 Å². The Morgan fingerprint density at radius 3 is 3.00 bits per heavy atom. The molecular weight excluding hydrogens is 318 g/mol. The highest BCUT2D eigenvalue weighted by atomic mass is 79.9. The average molecular weight is 330 g/mol. The minimum Gasteiger partial charge on any atom is -0.322 e. The van der Waals surface area contributed by atoms with Crippen LogP contribution in [0, 0.1) is 0 Å².